The van der Waals surface area contributed by atoms with Crippen molar-refractivity contribution in [2.24, 2.45) is 5.10 Å². The molecule has 0 unspecified atom stereocenters. The van der Waals surface area contributed by atoms with Gasteiger partial charge in [-0.2, -0.15) is 5.10 Å². The fourth-order valence-corrected chi connectivity index (χ4v) is 1.88. The van der Waals surface area contributed by atoms with Crippen molar-refractivity contribution in [3.63, 3.8) is 0 Å². The fraction of sp³-hybridized carbons (Fsp3) is 0. The lowest BCUT2D eigenvalue weighted by Gasteiger charge is -1.98. The molecular weight excluding hydrogens is 302 g/mol. The Morgan fingerprint density at radius 2 is 2.17 bits per heavy atom. The molecule has 10 heteroatoms. The molecule has 0 saturated carbocycles. The normalized spacial score (nSPS) is 11.0. The summed E-state index contributed by atoms with van der Waals surface area (Å²) in [5, 5.41) is 22.2. The molecule has 10 nitrogen and oxygen atoms in total. The Hall–Kier alpha value is -3.69. The minimum Gasteiger partial charge on any atom is -0.455 e. The van der Waals surface area contributed by atoms with Crippen LogP contribution < -0.4 is 11.3 Å². The number of nitrogen functional groups attached to an aromatic ring is 1. The lowest BCUT2D eigenvalue weighted by molar-refractivity contribution is -0.384. The predicted molar refractivity (Wildman–Crippen MR) is 82.2 cm³/mol. The second-order valence-corrected chi connectivity index (χ2v) is 4.41. The van der Waals surface area contributed by atoms with Gasteiger partial charge in [-0.15, -0.1) is 10.2 Å². The number of furan rings is 1. The topological polar surface area (TPSA) is 137 Å². The van der Waals surface area contributed by atoms with Gasteiger partial charge in [0.25, 0.3) is 11.6 Å². The molecule has 0 aliphatic carbocycles. The number of benzene rings is 1. The van der Waals surface area contributed by atoms with Crippen LogP contribution >= 0.6 is 0 Å². The highest BCUT2D eigenvalue weighted by Gasteiger charge is 2.16. The van der Waals surface area contributed by atoms with E-state index in [2.05, 4.69) is 20.7 Å². The molecule has 0 bridgehead atoms. The van der Waals surface area contributed by atoms with Crippen molar-refractivity contribution >= 4 is 17.9 Å². The van der Waals surface area contributed by atoms with Crippen LogP contribution in [0.5, 0.6) is 0 Å². The van der Waals surface area contributed by atoms with E-state index in [-0.39, 0.29) is 11.6 Å². The van der Waals surface area contributed by atoms with Gasteiger partial charge >= 0.3 is 0 Å². The summed E-state index contributed by atoms with van der Waals surface area (Å²) in [6.07, 6.45) is 2.71. The first-order chi connectivity index (χ1) is 11.1. The van der Waals surface area contributed by atoms with Crippen LogP contribution in [0, 0.1) is 10.1 Å². The van der Waals surface area contributed by atoms with Crippen molar-refractivity contribution in [3.05, 3.63) is 58.6 Å². The summed E-state index contributed by atoms with van der Waals surface area (Å²) in [6, 6.07) is 9.61. The number of rotatable bonds is 5. The van der Waals surface area contributed by atoms with Gasteiger partial charge in [0.1, 0.15) is 17.8 Å². The average molecular weight is 313 g/mol. The van der Waals surface area contributed by atoms with Crippen molar-refractivity contribution in [1.29, 1.82) is 0 Å². The summed E-state index contributed by atoms with van der Waals surface area (Å²) in [5.41, 5.74) is 2.95. The van der Waals surface area contributed by atoms with E-state index >= 15 is 0 Å². The minimum absolute atomic E-state index is 0.0281. The van der Waals surface area contributed by atoms with E-state index in [4.69, 9.17) is 10.3 Å². The third kappa shape index (κ3) is 3.00. The van der Waals surface area contributed by atoms with Crippen molar-refractivity contribution in [2.45, 2.75) is 0 Å². The largest absolute Gasteiger partial charge is 0.455 e. The zero-order valence-electron chi connectivity index (χ0n) is 11.7. The van der Waals surface area contributed by atoms with Gasteiger partial charge in [-0.3, -0.25) is 10.1 Å². The Kier molecular flexibility index (Phi) is 3.70. The maximum absolute atomic E-state index is 11.0. The van der Waals surface area contributed by atoms with Gasteiger partial charge in [0, 0.05) is 6.07 Å². The molecule has 0 radical (unpaired) electrons. The van der Waals surface area contributed by atoms with E-state index < -0.39 is 4.92 Å². The van der Waals surface area contributed by atoms with Gasteiger partial charge in [0.2, 0.25) is 0 Å². The number of hydrazone groups is 1. The number of hydrogen-bond donors (Lipinski definition) is 2. The number of nitrogens with two attached hydrogens (primary N) is 1. The van der Waals surface area contributed by atoms with E-state index in [1.807, 2.05) is 0 Å². The number of nitrogens with one attached hydrogen (secondary N) is 1. The molecule has 116 valence electrons. The highest BCUT2D eigenvalue weighted by Crippen LogP contribution is 2.30. The molecule has 0 atom stereocenters. The first-order valence-corrected chi connectivity index (χ1v) is 6.43. The van der Waals surface area contributed by atoms with E-state index in [9.17, 15) is 10.1 Å². The average Bonchev–Trinajstić information content (AvgIpc) is 3.17. The Labute approximate surface area is 129 Å². The minimum atomic E-state index is -0.457. The summed E-state index contributed by atoms with van der Waals surface area (Å²) >= 11 is 0. The molecule has 3 N–H and O–H groups in total. The molecule has 2 heterocycles. The number of hydrogen-bond acceptors (Lipinski definition) is 8. The van der Waals surface area contributed by atoms with Gasteiger partial charge < -0.3 is 10.3 Å². The first-order valence-electron chi connectivity index (χ1n) is 6.43. The fourth-order valence-electron chi connectivity index (χ4n) is 1.88. The van der Waals surface area contributed by atoms with E-state index in [0.717, 1.165) is 4.68 Å². The molecule has 2 aromatic heterocycles. The number of para-hydroxylation sites is 1. The number of anilines is 1. The summed E-state index contributed by atoms with van der Waals surface area (Å²) < 4.78 is 6.71. The zero-order valence-corrected chi connectivity index (χ0v) is 11.7. The molecule has 0 spiro atoms. The van der Waals surface area contributed by atoms with Crippen LogP contribution in [0.25, 0.3) is 11.3 Å². The SMILES string of the molecule is Nn1cnnc1N/N=C/c1ccc(-c2ccccc2[N+](=O)[O-])o1. The molecular formula is C13H11N7O3. The zero-order chi connectivity index (χ0) is 16.2. The molecule has 0 saturated heterocycles. The van der Waals surface area contributed by atoms with Crippen molar-refractivity contribution in [3.8, 4) is 11.3 Å². The Morgan fingerprint density at radius 1 is 1.35 bits per heavy atom. The standard InChI is InChI=1S/C13H11N7O3/c14-19-8-16-18-13(19)17-15-7-9-5-6-12(23-9)10-3-1-2-4-11(10)20(21)22/h1-8H,14H2,(H,17,18)/b15-7+. The Bertz CT molecular complexity index is 868. The quantitative estimate of drug-likeness (QED) is 0.316. The molecule has 3 rings (SSSR count). The molecule has 3 aromatic rings. The number of nitro groups is 1. The lowest BCUT2D eigenvalue weighted by atomic mass is 10.1. The van der Waals surface area contributed by atoms with Crippen LogP contribution in [-0.2, 0) is 0 Å². The molecule has 0 amide bonds. The summed E-state index contributed by atoms with van der Waals surface area (Å²) in [5.74, 6) is 6.56. The van der Waals surface area contributed by atoms with E-state index in [1.54, 1.807) is 30.3 Å². The highest BCUT2D eigenvalue weighted by atomic mass is 16.6. The smallest absolute Gasteiger partial charge is 0.280 e. The van der Waals surface area contributed by atoms with Crippen LogP contribution in [-0.4, -0.2) is 26.0 Å². The van der Waals surface area contributed by atoms with Gasteiger partial charge in [0.05, 0.1) is 16.7 Å². The second kappa shape index (κ2) is 5.97. The van der Waals surface area contributed by atoms with Crippen LogP contribution in [0.1, 0.15) is 5.76 Å². The second-order valence-electron chi connectivity index (χ2n) is 4.41. The van der Waals surface area contributed by atoms with Crippen molar-refractivity contribution < 1.29 is 9.34 Å². The van der Waals surface area contributed by atoms with Crippen LogP contribution in [0.2, 0.25) is 0 Å². The Balaban J connectivity index is 1.79. The third-order valence-corrected chi connectivity index (χ3v) is 2.92. The van der Waals surface area contributed by atoms with Crippen LogP contribution in [0.3, 0.4) is 0 Å². The summed E-state index contributed by atoms with van der Waals surface area (Å²) in [7, 11) is 0. The first kappa shape index (κ1) is 14.3. The monoisotopic (exact) mass is 313 g/mol. The van der Waals surface area contributed by atoms with Gasteiger partial charge in [-0.05, 0) is 18.2 Å². The predicted octanol–water partition coefficient (Wildman–Crippen LogP) is 1.61. The van der Waals surface area contributed by atoms with E-state index in [0.29, 0.717) is 17.1 Å². The number of nitro benzene ring substituents is 1. The molecule has 1 aromatic carbocycles. The molecule has 0 aliphatic rings. The van der Waals surface area contributed by atoms with Crippen LogP contribution in [0.15, 0.2) is 52.2 Å². The van der Waals surface area contributed by atoms with Gasteiger partial charge in [-0.1, -0.05) is 12.1 Å². The lowest BCUT2D eigenvalue weighted by Crippen LogP contribution is -2.10. The van der Waals surface area contributed by atoms with Crippen LogP contribution in [0.4, 0.5) is 11.6 Å². The number of nitrogens with zero attached hydrogens (tertiary/aromatic N) is 5. The third-order valence-electron chi connectivity index (χ3n) is 2.92. The van der Waals surface area contributed by atoms with E-state index in [1.165, 1.54) is 18.6 Å². The maximum atomic E-state index is 11.0. The number of aromatic nitrogens is 3. The van der Waals surface area contributed by atoms with Gasteiger partial charge in [-0.25, -0.2) is 10.1 Å². The summed E-state index contributed by atoms with van der Waals surface area (Å²) in [6.45, 7) is 0. The highest BCUT2D eigenvalue weighted by molar-refractivity contribution is 5.79. The summed E-state index contributed by atoms with van der Waals surface area (Å²) in [4.78, 5) is 10.6. The molecule has 0 aliphatic heterocycles. The molecule has 23 heavy (non-hydrogen) atoms. The maximum Gasteiger partial charge on any atom is 0.280 e. The Morgan fingerprint density at radius 3 is 2.91 bits per heavy atom. The van der Waals surface area contributed by atoms with Crippen molar-refractivity contribution in [1.82, 2.24) is 14.9 Å². The molecule has 0 fully saturated rings. The van der Waals surface area contributed by atoms with Gasteiger partial charge in [0.15, 0.2) is 0 Å². The van der Waals surface area contributed by atoms with Crippen molar-refractivity contribution in [2.75, 3.05) is 11.3 Å².